The van der Waals surface area contributed by atoms with Crippen molar-refractivity contribution in [2.45, 2.75) is 19.4 Å². The number of aromatic carboxylic acids is 1. The molecule has 0 amide bonds. The van der Waals surface area contributed by atoms with Gasteiger partial charge in [0.2, 0.25) is 0 Å². The van der Waals surface area contributed by atoms with Gasteiger partial charge in [-0.1, -0.05) is 6.92 Å². The summed E-state index contributed by atoms with van der Waals surface area (Å²) in [5, 5.41) is 20.7. The van der Waals surface area contributed by atoms with Gasteiger partial charge in [0, 0.05) is 6.54 Å². The van der Waals surface area contributed by atoms with Crippen LogP contribution in [0.1, 0.15) is 23.8 Å². The van der Waals surface area contributed by atoms with E-state index in [1.807, 2.05) is 6.92 Å². The first-order valence-corrected chi connectivity index (χ1v) is 4.60. The van der Waals surface area contributed by atoms with Crippen molar-refractivity contribution in [2.75, 3.05) is 11.9 Å². The molecule has 0 saturated heterocycles. The van der Waals surface area contributed by atoms with Gasteiger partial charge in [0.25, 0.3) is 0 Å². The van der Waals surface area contributed by atoms with Gasteiger partial charge in [0.1, 0.15) is 5.82 Å². The highest BCUT2D eigenvalue weighted by Crippen LogP contribution is 2.02. The van der Waals surface area contributed by atoms with Crippen LogP contribution in [0.2, 0.25) is 0 Å². The fraction of sp³-hybridized carbons (Fsp3) is 0.444. The maximum atomic E-state index is 10.6. The zero-order valence-electron chi connectivity index (χ0n) is 8.34. The third kappa shape index (κ3) is 3.51. The molecule has 6 heteroatoms. The number of aliphatic hydroxyl groups is 1. The van der Waals surface area contributed by atoms with Crippen molar-refractivity contribution in [1.29, 1.82) is 0 Å². The highest BCUT2D eigenvalue weighted by Gasteiger charge is 2.06. The van der Waals surface area contributed by atoms with Gasteiger partial charge in [-0.2, -0.15) is 0 Å². The monoisotopic (exact) mass is 211 g/mol. The lowest BCUT2D eigenvalue weighted by atomic mass is 10.3. The van der Waals surface area contributed by atoms with E-state index in [1.54, 1.807) is 0 Å². The summed E-state index contributed by atoms with van der Waals surface area (Å²) >= 11 is 0. The molecule has 82 valence electrons. The Morgan fingerprint density at radius 1 is 1.60 bits per heavy atom. The van der Waals surface area contributed by atoms with Crippen LogP contribution in [0.3, 0.4) is 0 Å². The van der Waals surface area contributed by atoms with E-state index in [1.165, 1.54) is 12.4 Å². The Bertz CT molecular complexity index is 343. The molecule has 3 N–H and O–H groups in total. The van der Waals surface area contributed by atoms with E-state index >= 15 is 0 Å². The summed E-state index contributed by atoms with van der Waals surface area (Å²) in [6.07, 6.45) is 2.73. The van der Waals surface area contributed by atoms with Crippen LogP contribution < -0.4 is 5.32 Å². The molecule has 1 atom stereocenters. The molecule has 0 saturated carbocycles. The minimum atomic E-state index is -1.12. The second-order valence-corrected chi connectivity index (χ2v) is 3.04. The molecule has 0 aliphatic heterocycles. The summed E-state index contributed by atoms with van der Waals surface area (Å²) < 4.78 is 0. The van der Waals surface area contributed by atoms with E-state index in [9.17, 15) is 9.90 Å². The average molecular weight is 211 g/mol. The number of anilines is 1. The van der Waals surface area contributed by atoms with Crippen molar-refractivity contribution in [2.24, 2.45) is 0 Å². The van der Waals surface area contributed by atoms with E-state index in [2.05, 4.69) is 15.3 Å². The molecular formula is C9H13N3O3. The second-order valence-electron chi connectivity index (χ2n) is 3.04. The Morgan fingerprint density at radius 2 is 2.33 bits per heavy atom. The van der Waals surface area contributed by atoms with Crippen molar-refractivity contribution in [3.05, 3.63) is 18.1 Å². The molecule has 0 bridgehead atoms. The lowest BCUT2D eigenvalue weighted by Gasteiger charge is -2.09. The quantitative estimate of drug-likeness (QED) is 0.650. The Labute approximate surface area is 87.0 Å². The van der Waals surface area contributed by atoms with E-state index in [-0.39, 0.29) is 5.69 Å². The van der Waals surface area contributed by atoms with Crippen LogP contribution >= 0.6 is 0 Å². The first kappa shape index (κ1) is 11.4. The number of aromatic nitrogens is 2. The van der Waals surface area contributed by atoms with Crippen LogP contribution in [0.5, 0.6) is 0 Å². The fourth-order valence-electron chi connectivity index (χ4n) is 0.921. The van der Waals surface area contributed by atoms with Crippen LogP contribution in [0.25, 0.3) is 0 Å². The predicted molar refractivity (Wildman–Crippen MR) is 53.8 cm³/mol. The molecule has 0 spiro atoms. The van der Waals surface area contributed by atoms with Crippen molar-refractivity contribution < 1.29 is 15.0 Å². The lowest BCUT2D eigenvalue weighted by molar-refractivity contribution is 0.0690. The number of carboxylic acid groups (broad SMARTS) is 1. The minimum absolute atomic E-state index is 0.119. The summed E-state index contributed by atoms with van der Waals surface area (Å²) in [4.78, 5) is 18.1. The normalized spacial score (nSPS) is 12.1. The minimum Gasteiger partial charge on any atom is -0.476 e. The van der Waals surface area contributed by atoms with Gasteiger partial charge in [0.15, 0.2) is 5.69 Å². The molecule has 0 aliphatic rings. The topological polar surface area (TPSA) is 95.3 Å². The Hall–Kier alpha value is -1.69. The van der Waals surface area contributed by atoms with Gasteiger partial charge >= 0.3 is 5.97 Å². The van der Waals surface area contributed by atoms with E-state index in [4.69, 9.17) is 5.11 Å². The van der Waals surface area contributed by atoms with Crippen LogP contribution in [0.15, 0.2) is 12.4 Å². The number of aliphatic hydroxyl groups excluding tert-OH is 1. The van der Waals surface area contributed by atoms with Gasteiger partial charge in [-0.25, -0.2) is 9.78 Å². The fourth-order valence-corrected chi connectivity index (χ4v) is 0.921. The largest absolute Gasteiger partial charge is 0.476 e. The molecule has 0 aliphatic carbocycles. The SMILES string of the molecule is CCC(O)CNc1cncc(C(=O)O)n1. The number of hydrogen-bond acceptors (Lipinski definition) is 5. The van der Waals surface area contributed by atoms with Crippen molar-refractivity contribution in [3.63, 3.8) is 0 Å². The van der Waals surface area contributed by atoms with Crippen LogP contribution in [-0.2, 0) is 0 Å². The number of nitrogens with one attached hydrogen (secondary N) is 1. The molecule has 1 rings (SSSR count). The van der Waals surface area contributed by atoms with Crippen molar-refractivity contribution in [1.82, 2.24) is 9.97 Å². The third-order valence-electron chi connectivity index (χ3n) is 1.84. The standard InChI is InChI=1S/C9H13N3O3/c1-2-6(13)3-11-8-5-10-4-7(12-8)9(14)15/h4-6,13H,2-3H2,1H3,(H,11,12)(H,14,15). The van der Waals surface area contributed by atoms with E-state index in [0.29, 0.717) is 18.8 Å². The molecule has 1 unspecified atom stereocenters. The summed E-state index contributed by atoms with van der Waals surface area (Å²) in [5.41, 5.74) is -0.119. The van der Waals surface area contributed by atoms with Gasteiger partial charge in [0.05, 0.1) is 18.5 Å². The first-order valence-electron chi connectivity index (χ1n) is 4.60. The lowest BCUT2D eigenvalue weighted by Crippen LogP contribution is -2.19. The van der Waals surface area contributed by atoms with Crippen molar-refractivity contribution in [3.8, 4) is 0 Å². The van der Waals surface area contributed by atoms with E-state index < -0.39 is 12.1 Å². The summed E-state index contributed by atoms with van der Waals surface area (Å²) in [5.74, 6) is -0.774. The van der Waals surface area contributed by atoms with Crippen LogP contribution in [0, 0.1) is 0 Å². The Morgan fingerprint density at radius 3 is 2.93 bits per heavy atom. The molecule has 1 heterocycles. The maximum Gasteiger partial charge on any atom is 0.356 e. The Balaban J connectivity index is 2.62. The summed E-state index contributed by atoms with van der Waals surface area (Å²) in [6.45, 7) is 2.18. The molecule has 0 fully saturated rings. The highest BCUT2D eigenvalue weighted by atomic mass is 16.4. The predicted octanol–water partition coefficient (Wildman–Crippen LogP) is 0.358. The number of hydrogen-bond donors (Lipinski definition) is 3. The molecule has 1 aromatic heterocycles. The van der Waals surface area contributed by atoms with Crippen molar-refractivity contribution >= 4 is 11.8 Å². The summed E-state index contributed by atoms with van der Waals surface area (Å²) in [6, 6.07) is 0. The molecule has 1 aromatic rings. The second kappa shape index (κ2) is 5.26. The van der Waals surface area contributed by atoms with Gasteiger partial charge in [-0.05, 0) is 6.42 Å². The third-order valence-corrected chi connectivity index (χ3v) is 1.84. The Kier molecular flexibility index (Phi) is 3.99. The zero-order valence-corrected chi connectivity index (χ0v) is 8.34. The maximum absolute atomic E-state index is 10.6. The molecule has 0 aromatic carbocycles. The number of carbonyl (C=O) groups is 1. The van der Waals surface area contributed by atoms with Gasteiger partial charge in [-0.3, -0.25) is 4.98 Å². The average Bonchev–Trinajstić information content (AvgIpc) is 2.26. The zero-order chi connectivity index (χ0) is 11.3. The number of carboxylic acids is 1. The smallest absolute Gasteiger partial charge is 0.356 e. The van der Waals surface area contributed by atoms with Crippen LogP contribution in [0.4, 0.5) is 5.82 Å². The molecule has 6 nitrogen and oxygen atoms in total. The number of rotatable bonds is 5. The van der Waals surface area contributed by atoms with Crippen LogP contribution in [-0.4, -0.2) is 38.8 Å². The van der Waals surface area contributed by atoms with E-state index in [0.717, 1.165) is 0 Å². The number of nitrogens with zero attached hydrogens (tertiary/aromatic N) is 2. The first-order chi connectivity index (χ1) is 7.13. The van der Waals surface area contributed by atoms with Gasteiger partial charge in [-0.15, -0.1) is 0 Å². The summed E-state index contributed by atoms with van der Waals surface area (Å²) in [7, 11) is 0. The highest BCUT2D eigenvalue weighted by molar-refractivity contribution is 5.85. The molecular weight excluding hydrogens is 198 g/mol. The molecule has 15 heavy (non-hydrogen) atoms. The van der Waals surface area contributed by atoms with Gasteiger partial charge < -0.3 is 15.5 Å². The molecule has 0 radical (unpaired) electrons.